The van der Waals surface area contributed by atoms with Gasteiger partial charge in [0.15, 0.2) is 0 Å². The number of thiophene rings is 1. The first kappa shape index (κ1) is 16.2. The molecule has 1 N–H and O–H groups in total. The fourth-order valence-electron chi connectivity index (χ4n) is 3.12. The lowest BCUT2D eigenvalue weighted by molar-refractivity contribution is -0.380. The van der Waals surface area contributed by atoms with Crippen LogP contribution in [-0.2, 0) is 0 Å². The number of likely N-dealkylation sites (tertiary alicyclic amines) is 1. The van der Waals surface area contributed by atoms with Gasteiger partial charge in [-0.05, 0) is 43.8 Å². The molecule has 2 aliphatic rings. The van der Waals surface area contributed by atoms with Gasteiger partial charge in [-0.25, -0.2) is 0 Å². The maximum Gasteiger partial charge on any atom is 0.324 e. The highest BCUT2D eigenvalue weighted by Gasteiger charge is 2.32. The third kappa shape index (κ3) is 3.36. The second-order valence-electron chi connectivity index (χ2n) is 5.44. The molecule has 2 fully saturated rings. The van der Waals surface area contributed by atoms with Gasteiger partial charge < -0.3 is 10.2 Å². The lowest BCUT2D eigenvalue weighted by atomic mass is 9.92. The minimum Gasteiger partial charge on any atom is -0.338 e. The Morgan fingerprint density at radius 3 is 2.43 bits per heavy atom. The molecule has 0 unspecified atom stereocenters. The molecule has 2 aliphatic heterocycles. The van der Waals surface area contributed by atoms with Gasteiger partial charge in [0, 0.05) is 19.2 Å². The lowest BCUT2D eigenvalue weighted by Gasteiger charge is -2.19. The molecule has 0 saturated carbocycles. The topological polar surface area (TPSA) is 75.5 Å². The highest BCUT2D eigenvalue weighted by atomic mass is 35.5. The average molecular weight is 332 g/mol. The van der Waals surface area contributed by atoms with Crippen LogP contribution in [0.25, 0.3) is 0 Å². The largest absolute Gasteiger partial charge is 0.338 e. The summed E-state index contributed by atoms with van der Waals surface area (Å²) in [7, 11) is 0. The third-order valence-electron chi connectivity index (χ3n) is 4.29. The van der Waals surface area contributed by atoms with Gasteiger partial charge in [-0.1, -0.05) is 11.3 Å². The molecule has 2 atom stereocenters. The number of halogens is 1. The Morgan fingerprint density at radius 2 is 1.90 bits per heavy atom. The number of hydrogen-bond donors (Lipinski definition) is 1. The van der Waals surface area contributed by atoms with Crippen molar-refractivity contribution in [2.24, 2.45) is 11.8 Å². The van der Waals surface area contributed by atoms with Crippen molar-refractivity contribution in [2.75, 3.05) is 26.2 Å². The summed E-state index contributed by atoms with van der Waals surface area (Å²) in [5.41, 5.74) is 0. The predicted octanol–water partition coefficient (Wildman–Crippen LogP) is 2.15. The van der Waals surface area contributed by atoms with Crippen LogP contribution >= 0.6 is 23.7 Å². The molecule has 1 aromatic rings. The van der Waals surface area contributed by atoms with E-state index in [1.165, 1.54) is 6.07 Å². The second-order valence-corrected chi connectivity index (χ2v) is 6.51. The van der Waals surface area contributed by atoms with E-state index >= 15 is 0 Å². The van der Waals surface area contributed by atoms with Crippen LogP contribution < -0.4 is 5.32 Å². The highest BCUT2D eigenvalue weighted by molar-refractivity contribution is 7.17. The van der Waals surface area contributed by atoms with Crippen LogP contribution in [0, 0.1) is 22.0 Å². The van der Waals surface area contributed by atoms with E-state index in [1.54, 1.807) is 6.07 Å². The summed E-state index contributed by atoms with van der Waals surface area (Å²) >= 11 is 0.968. The summed E-state index contributed by atoms with van der Waals surface area (Å²) in [6, 6.07) is 2.98. The Bertz CT molecular complexity index is 522. The van der Waals surface area contributed by atoms with Gasteiger partial charge >= 0.3 is 5.00 Å². The fraction of sp³-hybridized carbons (Fsp3) is 0.615. The van der Waals surface area contributed by atoms with Crippen molar-refractivity contribution in [3.8, 4) is 0 Å². The van der Waals surface area contributed by atoms with Crippen molar-refractivity contribution in [3.63, 3.8) is 0 Å². The van der Waals surface area contributed by atoms with E-state index in [4.69, 9.17) is 0 Å². The molecule has 116 valence electrons. The quantitative estimate of drug-likeness (QED) is 0.665. The first-order valence-electron chi connectivity index (χ1n) is 6.89. The van der Waals surface area contributed by atoms with E-state index in [-0.39, 0.29) is 23.3 Å². The molecular formula is C13H18ClN3O3S. The van der Waals surface area contributed by atoms with Crippen LogP contribution in [0.1, 0.15) is 22.5 Å². The van der Waals surface area contributed by atoms with Gasteiger partial charge in [-0.3, -0.25) is 14.9 Å². The summed E-state index contributed by atoms with van der Waals surface area (Å²) in [5.74, 6) is 1.28. The molecule has 0 spiro atoms. The Labute approximate surface area is 133 Å². The van der Waals surface area contributed by atoms with Crippen molar-refractivity contribution in [1.29, 1.82) is 0 Å². The van der Waals surface area contributed by atoms with Gasteiger partial charge in [0.1, 0.15) is 0 Å². The SMILES string of the molecule is Cl.O=C(c1ccc([N+](=O)[O-])s1)N1CC[C@@H]2CNC[C@@H]2CC1. The molecule has 6 nitrogen and oxygen atoms in total. The van der Waals surface area contributed by atoms with E-state index in [2.05, 4.69) is 5.32 Å². The van der Waals surface area contributed by atoms with Crippen LogP contribution in [0.3, 0.4) is 0 Å². The highest BCUT2D eigenvalue weighted by Crippen LogP contribution is 2.29. The summed E-state index contributed by atoms with van der Waals surface area (Å²) in [4.78, 5) is 25.0. The van der Waals surface area contributed by atoms with E-state index < -0.39 is 4.92 Å². The molecule has 8 heteroatoms. The number of nitrogens with zero attached hydrogens (tertiary/aromatic N) is 2. The second kappa shape index (κ2) is 6.72. The zero-order valence-corrected chi connectivity index (χ0v) is 13.1. The molecule has 21 heavy (non-hydrogen) atoms. The zero-order valence-electron chi connectivity index (χ0n) is 11.5. The number of nitrogens with one attached hydrogen (secondary N) is 1. The molecule has 3 rings (SSSR count). The fourth-order valence-corrected chi connectivity index (χ4v) is 3.91. The molecule has 1 aromatic heterocycles. The first-order chi connectivity index (χ1) is 9.65. The zero-order chi connectivity index (χ0) is 14.1. The molecule has 0 aliphatic carbocycles. The lowest BCUT2D eigenvalue weighted by Crippen LogP contribution is -2.32. The van der Waals surface area contributed by atoms with Gasteiger partial charge in [-0.2, -0.15) is 0 Å². The predicted molar refractivity (Wildman–Crippen MR) is 83.2 cm³/mol. The van der Waals surface area contributed by atoms with Crippen LogP contribution in [0.15, 0.2) is 12.1 Å². The van der Waals surface area contributed by atoms with Crippen LogP contribution in [0.5, 0.6) is 0 Å². The van der Waals surface area contributed by atoms with Crippen molar-refractivity contribution in [1.82, 2.24) is 10.2 Å². The summed E-state index contributed by atoms with van der Waals surface area (Å²) < 4.78 is 0. The maximum atomic E-state index is 12.4. The first-order valence-corrected chi connectivity index (χ1v) is 7.71. The van der Waals surface area contributed by atoms with Gasteiger partial charge in [0.05, 0.1) is 9.80 Å². The van der Waals surface area contributed by atoms with Crippen molar-refractivity contribution in [2.45, 2.75) is 12.8 Å². The number of nitro groups is 1. The van der Waals surface area contributed by atoms with Crippen molar-refractivity contribution in [3.05, 3.63) is 27.1 Å². The van der Waals surface area contributed by atoms with E-state index in [0.717, 1.165) is 50.4 Å². The third-order valence-corrected chi connectivity index (χ3v) is 5.31. The number of rotatable bonds is 2. The summed E-state index contributed by atoms with van der Waals surface area (Å²) in [5, 5.41) is 14.1. The van der Waals surface area contributed by atoms with E-state index in [9.17, 15) is 14.9 Å². The number of amides is 1. The van der Waals surface area contributed by atoms with E-state index in [0.29, 0.717) is 16.7 Å². The average Bonchev–Trinajstić information content (AvgIpc) is 3.04. The summed E-state index contributed by atoms with van der Waals surface area (Å²) in [6.45, 7) is 3.62. The number of carbonyl (C=O) groups is 1. The van der Waals surface area contributed by atoms with Crippen LogP contribution in [0.4, 0.5) is 5.00 Å². The normalized spacial score (nSPS) is 24.9. The van der Waals surface area contributed by atoms with Gasteiger partial charge in [-0.15, -0.1) is 12.4 Å². The minimum absolute atomic E-state index is 0. The molecule has 2 saturated heterocycles. The number of carbonyl (C=O) groups excluding carboxylic acids is 1. The Morgan fingerprint density at radius 1 is 1.29 bits per heavy atom. The molecule has 0 aromatic carbocycles. The van der Waals surface area contributed by atoms with Crippen LogP contribution in [0.2, 0.25) is 0 Å². The number of hydrogen-bond acceptors (Lipinski definition) is 5. The van der Waals surface area contributed by atoms with Crippen molar-refractivity contribution >= 4 is 34.7 Å². The minimum atomic E-state index is -0.445. The number of fused-ring (bicyclic) bond motifs is 1. The Kier molecular flexibility index (Phi) is 5.18. The van der Waals surface area contributed by atoms with E-state index in [1.807, 2.05) is 4.90 Å². The van der Waals surface area contributed by atoms with Gasteiger partial charge in [0.2, 0.25) is 0 Å². The Balaban J connectivity index is 0.00000161. The molecule has 0 bridgehead atoms. The summed E-state index contributed by atoms with van der Waals surface area (Å²) in [6.07, 6.45) is 2.05. The standard InChI is InChI=1S/C13H17N3O3S.ClH/c17-13(11-1-2-12(20-11)16(18)19)15-5-3-9-7-14-8-10(9)4-6-15;/h1-2,9-10,14H,3-8H2;1H/t9-,10+;. The smallest absolute Gasteiger partial charge is 0.324 e. The maximum absolute atomic E-state index is 12.4. The molecule has 1 amide bonds. The Hall–Kier alpha value is -1.18. The molecule has 3 heterocycles. The van der Waals surface area contributed by atoms with Gasteiger partial charge in [0.25, 0.3) is 5.91 Å². The van der Waals surface area contributed by atoms with Crippen LogP contribution in [-0.4, -0.2) is 41.9 Å². The van der Waals surface area contributed by atoms with Crippen molar-refractivity contribution < 1.29 is 9.72 Å². The molecular weight excluding hydrogens is 314 g/mol. The monoisotopic (exact) mass is 331 g/mol. The molecule has 0 radical (unpaired) electrons.